The Labute approximate surface area is 143 Å². The molecule has 2 aromatic rings. The number of aromatic nitrogens is 2. The van der Waals surface area contributed by atoms with Gasteiger partial charge in [0.25, 0.3) is 0 Å². The van der Waals surface area contributed by atoms with Crippen LogP contribution in [0.1, 0.15) is 45.2 Å². The number of carbonyl (C=O) groups excluding carboxylic acids is 1. The number of imidazole rings is 1. The maximum Gasteiger partial charge on any atom is 0.416 e. The molecule has 1 amide bonds. The van der Waals surface area contributed by atoms with Gasteiger partial charge in [-0.2, -0.15) is 13.2 Å². The predicted octanol–water partition coefficient (Wildman–Crippen LogP) is 4.93. The van der Waals surface area contributed by atoms with E-state index in [-0.39, 0.29) is 23.3 Å². The van der Waals surface area contributed by atoms with Crippen molar-refractivity contribution in [2.75, 3.05) is 5.32 Å². The van der Waals surface area contributed by atoms with Gasteiger partial charge in [0.15, 0.2) is 0 Å². The van der Waals surface area contributed by atoms with Gasteiger partial charge in [-0.25, -0.2) is 4.98 Å². The van der Waals surface area contributed by atoms with Crippen molar-refractivity contribution in [3.05, 3.63) is 35.9 Å². The summed E-state index contributed by atoms with van der Waals surface area (Å²) in [5, 5.41) is 2.76. The highest BCUT2D eigenvalue weighted by molar-refractivity contribution is 5.92. The molecule has 1 aliphatic carbocycles. The maximum absolute atomic E-state index is 13.0. The van der Waals surface area contributed by atoms with E-state index in [0.29, 0.717) is 23.9 Å². The summed E-state index contributed by atoms with van der Waals surface area (Å²) in [6.45, 7) is 5.83. The number of hydrogen-bond donors (Lipinski definition) is 1. The number of rotatable bonds is 3. The Hall–Kier alpha value is -2.31. The molecule has 1 aromatic heterocycles. The Morgan fingerprint density at radius 3 is 2.52 bits per heavy atom. The standard InChI is InChI=1S/C18H20F3N3O/c1-17(2,3)10-15(25)23-16-22-13-8-7-11(18(19,20)21)9-14(13)24(16)12-5-4-6-12/h4-5,7-9,12H,6,10H2,1-3H3,(H,22,23,25). The van der Waals surface area contributed by atoms with Crippen molar-refractivity contribution in [2.45, 2.75) is 45.8 Å². The van der Waals surface area contributed by atoms with E-state index in [9.17, 15) is 18.0 Å². The molecule has 3 rings (SSSR count). The average Bonchev–Trinajstić information content (AvgIpc) is 2.71. The molecule has 25 heavy (non-hydrogen) atoms. The Balaban J connectivity index is 2.03. The van der Waals surface area contributed by atoms with Crippen molar-refractivity contribution in [1.29, 1.82) is 0 Å². The molecule has 0 spiro atoms. The lowest BCUT2D eigenvalue weighted by Gasteiger charge is -2.23. The van der Waals surface area contributed by atoms with Crippen molar-refractivity contribution < 1.29 is 18.0 Å². The van der Waals surface area contributed by atoms with Crippen LogP contribution in [-0.2, 0) is 11.0 Å². The fraction of sp³-hybridized carbons (Fsp3) is 0.444. The Kier molecular flexibility index (Phi) is 4.13. The van der Waals surface area contributed by atoms with E-state index in [4.69, 9.17) is 0 Å². The monoisotopic (exact) mass is 351 g/mol. The summed E-state index contributed by atoms with van der Waals surface area (Å²) in [7, 11) is 0. The van der Waals surface area contributed by atoms with Crippen LogP contribution in [0.25, 0.3) is 11.0 Å². The first-order valence-electron chi connectivity index (χ1n) is 8.10. The quantitative estimate of drug-likeness (QED) is 0.797. The zero-order valence-electron chi connectivity index (χ0n) is 14.3. The van der Waals surface area contributed by atoms with Crippen LogP contribution in [0.3, 0.4) is 0 Å². The van der Waals surface area contributed by atoms with Crippen molar-refractivity contribution in [3.63, 3.8) is 0 Å². The van der Waals surface area contributed by atoms with Crippen LogP contribution in [-0.4, -0.2) is 15.5 Å². The minimum absolute atomic E-state index is 0.0987. The number of fused-ring (bicyclic) bond motifs is 1. The molecular formula is C18H20F3N3O. The topological polar surface area (TPSA) is 46.9 Å². The van der Waals surface area contributed by atoms with E-state index >= 15 is 0 Å². The zero-order valence-corrected chi connectivity index (χ0v) is 14.3. The van der Waals surface area contributed by atoms with Crippen LogP contribution < -0.4 is 5.32 Å². The van der Waals surface area contributed by atoms with Crippen LogP contribution in [0.2, 0.25) is 0 Å². The van der Waals surface area contributed by atoms with Crippen LogP contribution >= 0.6 is 0 Å². The number of nitrogens with one attached hydrogen (secondary N) is 1. The zero-order chi connectivity index (χ0) is 18.4. The van der Waals surface area contributed by atoms with Gasteiger partial charge in [-0.15, -0.1) is 0 Å². The maximum atomic E-state index is 13.0. The summed E-state index contributed by atoms with van der Waals surface area (Å²) in [6, 6.07) is 3.35. The van der Waals surface area contributed by atoms with Gasteiger partial charge < -0.3 is 4.57 Å². The number of carbonyl (C=O) groups is 1. The fourth-order valence-electron chi connectivity index (χ4n) is 2.79. The molecule has 0 saturated carbocycles. The summed E-state index contributed by atoms with van der Waals surface area (Å²) in [5.74, 6) is 0.0846. The van der Waals surface area contributed by atoms with Crippen molar-refractivity contribution in [3.8, 4) is 0 Å². The molecule has 134 valence electrons. The van der Waals surface area contributed by atoms with Crippen LogP contribution in [0.4, 0.5) is 19.1 Å². The molecule has 1 aliphatic rings. The SMILES string of the molecule is CC(C)(C)CC(=O)Nc1nc2ccc(C(F)(F)F)cc2n1C1C=CC1. The first-order valence-corrected chi connectivity index (χ1v) is 8.10. The molecule has 1 aromatic carbocycles. The lowest BCUT2D eigenvalue weighted by atomic mass is 9.92. The number of anilines is 1. The van der Waals surface area contributed by atoms with Crippen LogP contribution in [0.15, 0.2) is 30.4 Å². The smallest absolute Gasteiger partial charge is 0.303 e. The highest BCUT2D eigenvalue weighted by Gasteiger charge is 2.32. The average molecular weight is 351 g/mol. The Morgan fingerprint density at radius 2 is 2.00 bits per heavy atom. The summed E-state index contributed by atoms with van der Waals surface area (Å²) in [6.07, 6.45) is 0.397. The van der Waals surface area contributed by atoms with Gasteiger partial charge in [0.1, 0.15) is 0 Å². The molecule has 1 heterocycles. The molecule has 0 radical (unpaired) electrons. The first kappa shape index (κ1) is 17.5. The van der Waals surface area contributed by atoms with Gasteiger partial charge in [-0.3, -0.25) is 10.1 Å². The molecule has 0 bridgehead atoms. The lowest BCUT2D eigenvalue weighted by molar-refractivity contribution is -0.137. The molecule has 4 nitrogen and oxygen atoms in total. The molecule has 1 unspecified atom stereocenters. The van der Waals surface area contributed by atoms with E-state index < -0.39 is 11.7 Å². The normalized spacial score (nSPS) is 17.6. The number of allylic oxidation sites excluding steroid dienone is 2. The molecule has 0 aliphatic heterocycles. The lowest BCUT2D eigenvalue weighted by Crippen LogP contribution is -2.23. The Bertz CT molecular complexity index is 844. The minimum Gasteiger partial charge on any atom is -0.303 e. The van der Waals surface area contributed by atoms with Crippen molar-refractivity contribution in [1.82, 2.24) is 9.55 Å². The number of amides is 1. The predicted molar refractivity (Wildman–Crippen MR) is 90.2 cm³/mol. The highest BCUT2D eigenvalue weighted by atomic mass is 19.4. The Morgan fingerprint density at radius 1 is 1.32 bits per heavy atom. The van der Waals surface area contributed by atoms with Gasteiger partial charge in [0.05, 0.1) is 22.6 Å². The number of benzene rings is 1. The van der Waals surface area contributed by atoms with E-state index in [0.717, 1.165) is 12.1 Å². The molecule has 0 saturated heterocycles. The third-order valence-electron chi connectivity index (χ3n) is 4.03. The van der Waals surface area contributed by atoms with Gasteiger partial charge >= 0.3 is 6.18 Å². The number of halogens is 3. The van der Waals surface area contributed by atoms with Gasteiger partial charge in [-0.1, -0.05) is 32.9 Å². The first-order chi connectivity index (χ1) is 11.5. The van der Waals surface area contributed by atoms with Gasteiger partial charge in [-0.05, 0) is 30.0 Å². The summed E-state index contributed by atoms with van der Waals surface area (Å²) < 4.78 is 40.8. The third-order valence-corrected chi connectivity index (χ3v) is 4.03. The molecule has 7 heteroatoms. The second-order valence-corrected chi connectivity index (χ2v) is 7.52. The largest absolute Gasteiger partial charge is 0.416 e. The second-order valence-electron chi connectivity index (χ2n) is 7.52. The molecule has 1 N–H and O–H groups in total. The molecule has 1 atom stereocenters. The van der Waals surface area contributed by atoms with E-state index in [1.807, 2.05) is 32.9 Å². The molecule has 0 fully saturated rings. The van der Waals surface area contributed by atoms with E-state index in [1.54, 1.807) is 4.57 Å². The number of nitrogens with zero attached hydrogens (tertiary/aromatic N) is 2. The highest BCUT2D eigenvalue weighted by Crippen LogP contribution is 2.36. The van der Waals surface area contributed by atoms with E-state index in [1.165, 1.54) is 6.07 Å². The number of hydrogen-bond acceptors (Lipinski definition) is 2. The van der Waals surface area contributed by atoms with E-state index in [2.05, 4.69) is 10.3 Å². The van der Waals surface area contributed by atoms with Crippen molar-refractivity contribution >= 4 is 22.9 Å². The summed E-state index contributed by atoms with van der Waals surface area (Å²) >= 11 is 0. The third kappa shape index (κ3) is 3.70. The van der Waals surface area contributed by atoms with Crippen LogP contribution in [0, 0.1) is 5.41 Å². The van der Waals surface area contributed by atoms with Crippen LogP contribution in [0.5, 0.6) is 0 Å². The van der Waals surface area contributed by atoms with Gasteiger partial charge in [0, 0.05) is 6.42 Å². The van der Waals surface area contributed by atoms with Crippen molar-refractivity contribution in [2.24, 2.45) is 5.41 Å². The van der Waals surface area contributed by atoms with Gasteiger partial charge in [0.2, 0.25) is 11.9 Å². The minimum atomic E-state index is -4.42. The summed E-state index contributed by atoms with van der Waals surface area (Å²) in [4.78, 5) is 16.6. The molecular weight excluding hydrogens is 331 g/mol. The fourth-order valence-corrected chi connectivity index (χ4v) is 2.79. The number of alkyl halides is 3. The second kappa shape index (κ2) is 5.89. The summed E-state index contributed by atoms with van der Waals surface area (Å²) in [5.41, 5.74) is -0.118.